The minimum Gasteiger partial charge on any atom is -0.497 e. The van der Waals surface area contributed by atoms with E-state index in [9.17, 15) is 4.79 Å². The van der Waals surface area contributed by atoms with Gasteiger partial charge in [-0.3, -0.25) is 0 Å². The lowest BCUT2D eigenvalue weighted by Gasteiger charge is -2.28. The van der Waals surface area contributed by atoms with Crippen molar-refractivity contribution in [3.63, 3.8) is 0 Å². The van der Waals surface area contributed by atoms with Crippen molar-refractivity contribution in [1.82, 2.24) is 5.01 Å². The van der Waals surface area contributed by atoms with Crippen molar-refractivity contribution in [2.45, 2.75) is 0 Å². The molecule has 1 aromatic carbocycles. The molecule has 0 saturated carbocycles. The summed E-state index contributed by atoms with van der Waals surface area (Å²) < 4.78 is 10.3. The van der Waals surface area contributed by atoms with E-state index in [1.54, 1.807) is 19.2 Å². The summed E-state index contributed by atoms with van der Waals surface area (Å²) in [4.78, 5) is 11.1. The lowest BCUT2D eigenvalue weighted by Crippen LogP contribution is -2.40. The van der Waals surface area contributed by atoms with E-state index >= 15 is 0 Å². The first kappa shape index (κ1) is 12.7. The van der Waals surface area contributed by atoms with Crippen LogP contribution in [0.3, 0.4) is 0 Å². The molecule has 1 saturated heterocycles. The topological polar surface area (TPSA) is 71.0 Å². The fourth-order valence-corrected chi connectivity index (χ4v) is 1.77. The molecule has 0 atom stereocenters. The number of nitrogens with one attached hydrogen (secondary N) is 1. The van der Waals surface area contributed by atoms with Gasteiger partial charge in [0.2, 0.25) is 0 Å². The number of morpholine rings is 1. The van der Waals surface area contributed by atoms with E-state index in [4.69, 9.17) is 14.6 Å². The van der Waals surface area contributed by atoms with E-state index < -0.39 is 5.97 Å². The molecule has 0 radical (unpaired) electrons. The molecule has 0 amide bonds. The van der Waals surface area contributed by atoms with Gasteiger partial charge in [-0.15, -0.1) is 0 Å². The van der Waals surface area contributed by atoms with Crippen LogP contribution < -0.4 is 10.2 Å². The zero-order valence-electron chi connectivity index (χ0n) is 10.2. The zero-order chi connectivity index (χ0) is 13.0. The number of carboxylic acid groups (broad SMARTS) is 1. The molecule has 1 aliphatic heterocycles. The van der Waals surface area contributed by atoms with Gasteiger partial charge in [-0.2, -0.15) is 0 Å². The molecule has 1 fully saturated rings. The van der Waals surface area contributed by atoms with Gasteiger partial charge >= 0.3 is 5.97 Å². The summed E-state index contributed by atoms with van der Waals surface area (Å²) in [6.07, 6.45) is 0. The average molecular weight is 252 g/mol. The number of nitrogens with zero attached hydrogens (tertiary/aromatic N) is 1. The van der Waals surface area contributed by atoms with Gasteiger partial charge in [0.05, 0.1) is 31.6 Å². The van der Waals surface area contributed by atoms with Crippen LogP contribution in [-0.4, -0.2) is 49.5 Å². The Morgan fingerprint density at radius 3 is 2.78 bits per heavy atom. The van der Waals surface area contributed by atoms with Gasteiger partial charge in [-0.05, 0) is 12.1 Å². The van der Waals surface area contributed by atoms with E-state index in [-0.39, 0.29) is 5.56 Å². The average Bonchev–Trinajstić information content (AvgIpc) is 2.39. The lowest BCUT2D eigenvalue weighted by atomic mass is 10.1. The van der Waals surface area contributed by atoms with Crippen molar-refractivity contribution in [2.75, 3.05) is 38.8 Å². The Morgan fingerprint density at radius 2 is 2.17 bits per heavy atom. The van der Waals surface area contributed by atoms with Crippen LogP contribution in [0.4, 0.5) is 5.69 Å². The molecule has 0 unspecified atom stereocenters. The summed E-state index contributed by atoms with van der Waals surface area (Å²) in [5, 5.41) is 11.1. The van der Waals surface area contributed by atoms with E-state index in [0.717, 1.165) is 13.1 Å². The summed E-state index contributed by atoms with van der Waals surface area (Å²) in [5.41, 5.74) is 3.85. The normalized spacial score (nSPS) is 16.3. The highest BCUT2D eigenvalue weighted by Crippen LogP contribution is 2.23. The van der Waals surface area contributed by atoms with Crippen LogP contribution in [0.1, 0.15) is 10.4 Å². The Balaban J connectivity index is 2.19. The number of carbonyl (C=O) groups is 1. The minimum atomic E-state index is -0.964. The number of aromatic carboxylic acids is 1. The van der Waals surface area contributed by atoms with Gasteiger partial charge in [-0.25, -0.2) is 9.80 Å². The molecule has 2 N–H and O–H groups in total. The Labute approximate surface area is 105 Å². The number of carboxylic acids is 1. The monoisotopic (exact) mass is 252 g/mol. The number of hydrogen-bond donors (Lipinski definition) is 2. The molecule has 6 nitrogen and oxygen atoms in total. The maximum atomic E-state index is 11.1. The quantitative estimate of drug-likeness (QED) is 0.834. The van der Waals surface area contributed by atoms with Crippen LogP contribution in [0.15, 0.2) is 18.2 Å². The predicted octanol–water partition coefficient (Wildman–Crippen LogP) is 1.05. The summed E-state index contributed by atoms with van der Waals surface area (Å²) in [5.74, 6) is -0.343. The number of anilines is 1. The van der Waals surface area contributed by atoms with Gasteiger partial charge < -0.3 is 20.0 Å². The number of hydrogen-bond acceptors (Lipinski definition) is 5. The van der Waals surface area contributed by atoms with Crippen LogP contribution in [-0.2, 0) is 4.74 Å². The number of benzene rings is 1. The third-order valence-electron chi connectivity index (χ3n) is 2.75. The van der Waals surface area contributed by atoms with Crippen molar-refractivity contribution in [3.05, 3.63) is 23.8 Å². The minimum absolute atomic E-state index is 0.224. The second-order valence-electron chi connectivity index (χ2n) is 3.93. The molecular formula is C12H16N2O4. The number of hydrazine groups is 1. The molecule has 6 heteroatoms. The fourth-order valence-electron chi connectivity index (χ4n) is 1.77. The number of ether oxygens (including phenoxy) is 2. The van der Waals surface area contributed by atoms with Crippen molar-refractivity contribution < 1.29 is 19.4 Å². The number of rotatable bonds is 4. The summed E-state index contributed by atoms with van der Waals surface area (Å²) >= 11 is 0. The van der Waals surface area contributed by atoms with Crippen molar-refractivity contribution in [3.8, 4) is 5.75 Å². The highest BCUT2D eigenvalue weighted by atomic mass is 16.5. The summed E-state index contributed by atoms with van der Waals surface area (Å²) in [7, 11) is 1.55. The molecule has 0 spiro atoms. The van der Waals surface area contributed by atoms with Gasteiger partial charge in [0.25, 0.3) is 0 Å². The van der Waals surface area contributed by atoms with Crippen LogP contribution in [0.2, 0.25) is 0 Å². The third kappa shape index (κ3) is 2.91. The molecule has 1 aromatic rings. The van der Waals surface area contributed by atoms with Gasteiger partial charge in [0.15, 0.2) is 0 Å². The summed E-state index contributed by atoms with van der Waals surface area (Å²) in [6.45, 7) is 2.71. The molecule has 1 heterocycles. The van der Waals surface area contributed by atoms with Crippen molar-refractivity contribution >= 4 is 11.7 Å². The van der Waals surface area contributed by atoms with Gasteiger partial charge in [0, 0.05) is 19.2 Å². The standard InChI is InChI=1S/C12H16N2O4/c1-17-9-2-3-10(12(15)16)11(8-9)13-14-4-6-18-7-5-14/h2-3,8,13H,4-7H2,1H3,(H,15,16). The lowest BCUT2D eigenvalue weighted by molar-refractivity contribution is 0.0495. The summed E-state index contributed by atoms with van der Waals surface area (Å²) in [6, 6.07) is 4.84. The van der Waals surface area contributed by atoms with Crippen LogP contribution >= 0.6 is 0 Å². The Kier molecular flexibility index (Phi) is 4.01. The van der Waals surface area contributed by atoms with Crippen LogP contribution in [0, 0.1) is 0 Å². The second kappa shape index (κ2) is 5.70. The first-order chi connectivity index (χ1) is 8.70. The largest absolute Gasteiger partial charge is 0.497 e. The van der Waals surface area contributed by atoms with Gasteiger partial charge in [0.1, 0.15) is 5.75 Å². The molecule has 0 bridgehead atoms. The predicted molar refractivity (Wildman–Crippen MR) is 66.0 cm³/mol. The fraction of sp³-hybridized carbons (Fsp3) is 0.417. The highest BCUT2D eigenvalue weighted by molar-refractivity contribution is 5.94. The Hall–Kier alpha value is -1.79. The maximum Gasteiger partial charge on any atom is 0.337 e. The molecule has 2 rings (SSSR count). The first-order valence-corrected chi connectivity index (χ1v) is 5.71. The van der Waals surface area contributed by atoms with E-state index in [0.29, 0.717) is 24.7 Å². The number of methoxy groups -OCH3 is 1. The Morgan fingerprint density at radius 1 is 1.44 bits per heavy atom. The molecule has 1 aliphatic rings. The van der Waals surface area contributed by atoms with Crippen LogP contribution in [0.5, 0.6) is 5.75 Å². The smallest absolute Gasteiger partial charge is 0.337 e. The molecule has 98 valence electrons. The third-order valence-corrected chi connectivity index (χ3v) is 2.75. The van der Waals surface area contributed by atoms with Gasteiger partial charge in [-0.1, -0.05) is 0 Å². The molecule has 0 aromatic heterocycles. The molecular weight excluding hydrogens is 236 g/mol. The van der Waals surface area contributed by atoms with Crippen LogP contribution in [0.25, 0.3) is 0 Å². The van der Waals surface area contributed by atoms with E-state index in [1.165, 1.54) is 6.07 Å². The zero-order valence-corrected chi connectivity index (χ0v) is 10.2. The van der Waals surface area contributed by atoms with E-state index in [1.807, 2.05) is 5.01 Å². The maximum absolute atomic E-state index is 11.1. The second-order valence-corrected chi connectivity index (χ2v) is 3.93. The molecule has 0 aliphatic carbocycles. The highest BCUT2D eigenvalue weighted by Gasteiger charge is 2.15. The van der Waals surface area contributed by atoms with E-state index in [2.05, 4.69) is 5.43 Å². The molecule has 18 heavy (non-hydrogen) atoms. The van der Waals surface area contributed by atoms with Crippen molar-refractivity contribution in [1.29, 1.82) is 0 Å². The van der Waals surface area contributed by atoms with Crippen molar-refractivity contribution in [2.24, 2.45) is 0 Å². The Bertz CT molecular complexity index is 430. The first-order valence-electron chi connectivity index (χ1n) is 5.71. The SMILES string of the molecule is COc1ccc(C(=O)O)c(NN2CCOCC2)c1.